The molecule has 0 radical (unpaired) electrons. The van der Waals surface area contributed by atoms with Crippen molar-refractivity contribution in [2.24, 2.45) is 11.7 Å². The maximum Gasteiger partial charge on any atom is 0.0308 e. The topological polar surface area (TPSA) is 26.0 Å². The van der Waals surface area contributed by atoms with Crippen molar-refractivity contribution < 1.29 is 0 Å². The second-order valence-corrected chi connectivity index (χ2v) is 5.11. The van der Waals surface area contributed by atoms with Gasteiger partial charge in [-0.3, -0.25) is 0 Å². The van der Waals surface area contributed by atoms with Gasteiger partial charge in [0.05, 0.1) is 0 Å². The number of nitrogens with two attached hydrogens (primary N) is 1. The fourth-order valence-electron chi connectivity index (χ4n) is 1.95. The van der Waals surface area contributed by atoms with E-state index < -0.39 is 0 Å². The maximum atomic E-state index is 6.20. The van der Waals surface area contributed by atoms with E-state index in [2.05, 4.69) is 41.9 Å². The van der Waals surface area contributed by atoms with Gasteiger partial charge in [0, 0.05) is 10.5 Å². The average molecular weight is 270 g/mol. The number of halogens is 1. The summed E-state index contributed by atoms with van der Waals surface area (Å²) in [6.45, 7) is 4.50. The van der Waals surface area contributed by atoms with Crippen molar-refractivity contribution in [3.8, 4) is 0 Å². The van der Waals surface area contributed by atoms with E-state index in [0.29, 0.717) is 5.92 Å². The van der Waals surface area contributed by atoms with Crippen molar-refractivity contribution in [3.05, 3.63) is 34.3 Å². The van der Waals surface area contributed by atoms with Gasteiger partial charge >= 0.3 is 0 Å². The highest BCUT2D eigenvalue weighted by molar-refractivity contribution is 9.10. The summed E-state index contributed by atoms with van der Waals surface area (Å²) in [5.74, 6) is 0.706. The molecule has 0 heterocycles. The van der Waals surface area contributed by atoms with E-state index in [1.165, 1.54) is 18.4 Å². The molecule has 15 heavy (non-hydrogen) atoms. The van der Waals surface area contributed by atoms with Crippen molar-refractivity contribution in [1.29, 1.82) is 0 Å². The minimum atomic E-state index is 0.155. The van der Waals surface area contributed by atoms with Gasteiger partial charge in [-0.25, -0.2) is 0 Å². The molecule has 0 aliphatic carbocycles. The van der Waals surface area contributed by atoms with Crippen LogP contribution in [0.5, 0.6) is 0 Å². The van der Waals surface area contributed by atoms with Crippen LogP contribution < -0.4 is 5.73 Å². The Bertz CT molecular complexity index is 298. The predicted molar refractivity (Wildman–Crippen MR) is 69.8 cm³/mol. The molecule has 0 amide bonds. The predicted octanol–water partition coefficient (Wildman–Crippen LogP) is 4.28. The average Bonchev–Trinajstić information content (AvgIpc) is 2.18. The van der Waals surface area contributed by atoms with E-state index in [9.17, 15) is 0 Å². The van der Waals surface area contributed by atoms with Crippen LogP contribution in [0, 0.1) is 5.92 Å². The summed E-state index contributed by atoms with van der Waals surface area (Å²) in [7, 11) is 0. The van der Waals surface area contributed by atoms with E-state index in [4.69, 9.17) is 5.73 Å². The van der Waals surface area contributed by atoms with Crippen LogP contribution >= 0.6 is 15.9 Å². The summed E-state index contributed by atoms with van der Waals surface area (Å²) in [5.41, 5.74) is 7.42. The van der Waals surface area contributed by atoms with Gasteiger partial charge in [-0.1, -0.05) is 60.8 Å². The van der Waals surface area contributed by atoms with Crippen molar-refractivity contribution in [3.63, 3.8) is 0 Å². The molecule has 0 spiro atoms. The summed E-state index contributed by atoms with van der Waals surface area (Å²) in [6, 6.07) is 8.38. The van der Waals surface area contributed by atoms with Gasteiger partial charge in [-0.05, 0) is 24.0 Å². The minimum absolute atomic E-state index is 0.155. The second-order valence-electron chi connectivity index (χ2n) is 4.26. The lowest BCUT2D eigenvalue weighted by molar-refractivity contribution is 0.440. The Morgan fingerprint density at radius 1 is 1.33 bits per heavy atom. The van der Waals surface area contributed by atoms with Crippen LogP contribution in [0.25, 0.3) is 0 Å². The van der Waals surface area contributed by atoms with Crippen LogP contribution in [0.4, 0.5) is 0 Å². The smallest absolute Gasteiger partial charge is 0.0308 e. The Morgan fingerprint density at radius 2 is 2.00 bits per heavy atom. The Morgan fingerprint density at radius 3 is 2.60 bits per heavy atom. The van der Waals surface area contributed by atoms with Crippen molar-refractivity contribution in [1.82, 2.24) is 0 Å². The summed E-state index contributed by atoms with van der Waals surface area (Å²) in [5, 5.41) is 0. The van der Waals surface area contributed by atoms with Crippen LogP contribution in [0.3, 0.4) is 0 Å². The van der Waals surface area contributed by atoms with Gasteiger partial charge in [-0.15, -0.1) is 0 Å². The summed E-state index contributed by atoms with van der Waals surface area (Å²) in [6.07, 6.45) is 3.57. The molecule has 2 unspecified atom stereocenters. The Hall–Kier alpha value is -0.340. The highest BCUT2D eigenvalue weighted by Crippen LogP contribution is 2.27. The van der Waals surface area contributed by atoms with Crippen molar-refractivity contribution in [2.45, 2.75) is 39.2 Å². The fraction of sp³-hybridized carbons (Fsp3) is 0.538. The lowest BCUT2D eigenvalue weighted by Gasteiger charge is -2.18. The number of benzene rings is 1. The second kappa shape index (κ2) is 6.29. The fourth-order valence-corrected chi connectivity index (χ4v) is 2.53. The van der Waals surface area contributed by atoms with Crippen molar-refractivity contribution >= 4 is 15.9 Å². The van der Waals surface area contributed by atoms with Crippen LogP contribution in [-0.2, 0) is 0 Å². The minimum Gasteiger partial charge on any atom is -0.324 e. The number of rotatable bonds is 5. The standard InChI is InChI=1S/C13H20BrN/c1-3-6-10(2)9-13(15)11-7-4-5-8-12(11)14/h4-5,7-8,10,13H,3,6,9,15H2,1-2H3. The maximum absolute atomic E-state index is 6.20. The zero-order chi connectivity index (χ0) is 11.3. The first-order valence-corrected chi connectivity index (χ1v) is 6.44. The summed E-state index contributed by atoms with van der Waals surface area (Å²) < 4.78 is 1.13. The molecule has 2 atom stereocenters. The molecule has 0 aliphatic heterocycles. The highest BCUT2D eigenvalue weighted by Gasteiger charge is 2.12. The van der Waals surface area contributed by atoms with Gasteiger partial charge in [0.2, 0.25) is 0 Å². The number of hydrogen-bond acceptors (Lipinski definition) is 1. The number of hydrogen-bond donors (Lipinski definition) is 1. The van der Waals surface area contributed by atoms with Crippen LogP contribution in [-0.4, -0.2) is 0 Å². The molecule has 0 bridgehead atoms. The Balaban J connectivity index is 2.61. The van der Waals surface area contributed by atoms with E-state index in [1.807, 2.05) is 12.1 Å². The van der Waals surface area contributed by atoms with E-state index >= 15 is 0 Å². The first-order valence-electron chi connectivity index (χ1n) is 5.65. The molecule has 0 saturated heterocycles. The van der Waals surface area contributed by atoms with Crippen LogP contribution in [0.15, 0.2) is 28.7 Å². The molecular weight excluding hydrogens is 250 g/mol. The molecule has 0 fully saturated rings. The van der Waals surface area contributed by atoms with Crippen molar-refractivity contribution in [2.75, 3.05) is 0 Å². The van der Waals surface area contributed by atoms with Gasteiger partial charge in [0.1, 0.15) is 0 Å². The Labute approximate surface area is 101 Å². The van der Waals surface area contributed by atoms with E-state index in [-0.39, 0.29) is 6.04 Å². The third kappa shape index (κ3) is 3.96. The van der Waals surface area contributed by atoms with E-state index in [1.54, 1.807) is 0 Å². The molecule has 1 rings (SSSR count). The lowest BCUT2D eigenvalue weighted by Crippen LogP contribution is -2.14. The molecule has 0 aliphatic rings. The lowest BCUT2D eigenvalue weighted by atomic mass is 9.94. The molecule has 2 N–H and O–H groups in total. The molecule has 0 saturated carbocycles. The summed E-state index contributed by atoms with van der Waals surface area (Å²) >= 11 is 3.55. The zero-order valence-electron chi connectivity index (χ0n) is 9.54. The van der Waals surface area contributed by atoms with Crippen LogP contribution in [0.2, 0.25) is 0 Å². The van der Waals surface area contributed by atoms with Gasteiger partial charge in [0.15, 0.2) is 0 Å². The molecule has 2 heteroatoms. The molecule has 0 aromatic heterocycles. The highest BCUT2D eigenvalue weighted by atomic mass is 79.9. The molecule has 1 aromatic rings. The molecule has 84 valence electrons. The monoisotopic (exact) mass is 269 g/mol. The third-order valence-corrected chi connectivity index (χ3v) is 3.46. The first-order chi connectivity index (χ1) is 7.15. The first kappa shape index (κ1) is 12.7. The largest absolute Gasteiger partial charge is 0.324 e. The normalized spacial score (nSPS) is 14.9. The van der Waals surface area contributed by atoms with E-state index in [0.717, 1.165) is 10.9 Å². The SMILES string of the molecule is CCCC(C)CC(N)c1ccccc1Br. The van der Waals surface area contributed by atoms with Gasteiger partial charge in [0.25, 0.3) is 0 Å². The van der Waals surface area contributed by atoms with Gasteiger partial charge < -0.3 is 5.73 Å². The Kier molecular flexibility index (Phi) is 5.34. The van der Waals surface area contributed by atoms with Gasteiger partial charge in [-0.2, -0.15) is 0 Å². The van der Waals surface area contributed by atoms with Crippen LogP contribution in [0.1, 0.15) is 44.7 Å². The quantitative estimate of drug-likeness (QED) is 0.849. The molecular formula is C13H20BrN. The summed E-state index contributed by atoms with van der Waals surface area (Å²) in [4.78, 5) is 0. The third-order valence-electron chi connectivity index (χ3n) is 2.74. The molecule has 1 nitrogen and oxygen atoms in total. The zero-order valence-corrected chi connectivity index (χ0v) is 11.1. The molecule has 1 aromatic carbocycles.